The summed E-state index contributed by atoms with van der Waals surface area (Å²) in [6, 6.07) is 5.76. The Morgan fingerprint density at radius 1 is 1.21 bits per heavy atom. The molecular formula is C16H15F3N6O3. The number of ether oxygens (including phenoxy) is 1. The van der Waals surface area contributed by atoms with Gasteiger partial charge >= 0.3 is 12.1 Å². The van der Waals surface area contributed by atoms with Gasteiger partial charge in [0.2, 0.25) is 5.95 Å². The molecule has 3 rings (SSSR count). The number of methoxy groups -OCH3 is 1. The van der Waals surface area contributed by atoms with Crippen LogP contribution < -0.4 is 10.1 Å². The number of alkyl halides is 3. The first kappa shape index (κ1) is 20.6. The Morgan fingerprint density at radius 3 is 2.50 bits per heavy atom. The summed E-state index contributed by atoms with van der Waals surface area (Å²) in [5.41, 5.74) is 2.64. The predicted molar refractivity (Wildman–Crippen MR) is 92.6 cm³/mol. The third-order valence-electron chi connectivity index (χ3n) is 3.25. The number of aliphatic carboxylic acids is 1. The molecular weight excluding hydrogens is 381 g/mol. The zero-order valence-corrected chi connectivity index (χ0v) is 14.7. The van der Waals surface area contributed by atoms with Crippen LogP contribution in [0.25, 0.3) is 22.6 Å². The molecule has 3 aromatic heterocycles. The highest BCUT2D eigenvalue weighted by Gasteiger charge is 2.38. The van der Waals surface area contributed by atoms with E-state index in [0.717, 1.165) is 11.1 Å². The van der Waals surface area contributed by atoms with Gasteiger partial charge in [-0.3, -0.25) is 9.97 Å². The molecule has 0 radical (unpaired) electrons. The average molecular weight is 396 g/mol. The van der Waals surface area contributed by atoms with Crippen molar-refractivity contribution >= 4 is 11.9 Å². The third kappa shape index (κ3) is 5.40. The number of carbonyl (C=O) groups is 1. The van der Waals surface area contributed by atoms with Gasteiger partial charge in [-0.25, -0.2) is 4.79 Å². The number of nitrogens with zero attached hydrogens (tertiary/aromatic N) is 4. The number of pyridine rings is 2. The van der Waals surface area contributed by atoms with Crippen molar-refractivity contribution in [2.75, 3.05) is 19.5 Å². The Balaban J connectivity index is 0.000000345. The second kappa shape index (κ2) is 8.79. The lowest BCUT2D eigenvalue weighted by atomic mass is 10.1. The van der Waals surface area contributed by atoms with Crippen molar-refractivity contribution in [3.63, 3.8) is 0 Å². The molecule has 9 nitrogen and oxygen atoms in total. The summed E-state index contributed by atoms with van der Waals surface area (Å²) >= 11 is 0. The van der Waals surface area contributed by atoms with Gasteiger partial charge in [0, 0.05) is 25.0 Å². The average Bonchev–Trinajstić information content (AvgIpc) is 3.17. The Kier molecular flexibility index (Phi) is 6.47. The van der Waals surface area contributed by atoms with Crippen molar-refractivity contribution < 1.29 is 27.8 Å². The number of hydrogen-bond donors (Lipinski definition) is 3. The van der Waals surface area contributed by atoms with Crippen molar-refractivity contribution in [2.24, 2.45) is 0 Å². The topological polar surface area (TPSA) is 126 Å². The van der Waals surface area contributed by atoms with E-state index in [1.807, 2.05) is 18.2 Å². The number of H-pyrrole nitrogens is 1. The van der Waals surface area contributed by atoms with Crippen LogP contribution in [-0.4, -0.2) is 56.6 Å². The molecule has 148 valence electrons. The van der Waals surface area contributed by atoms with Crippen molar-refractivity contribution in [2.45, 2.75) is 6.18 Å². The van der Waals surface area contributed by atoms with Crippen LogP contribution in [0, 0.1) is 0 Å². The van der Waals surface area contributed by atoms with E-state index < -0.39 is 12.1 Å². The molecule has 0 saturated carbocycles. The number of rotatable bonds is 4. The minimum Gasteiger partial charge on any atom is -0.495 e. The highest BCUT2D eigenvalue weighted by molar-refractivity contribution is 5.73. The molecule has 0 amide bonds. The Morgan fingerprint density at radius 2 is 1.93 bits per heavy atom. The van der Waals surface area contributed by atoms with Gasteiger partial charge in [0.05, 0.1) is 13.3 Å². The molecule has 0 atom stereocenters. The number of hydrogen-bond acceptors (Lipinski definition) is 7. The van der Waals surface area contributed by atoms with Gasteiger partial charge in [0.25, 0.3) is 0 Å². The fraction of sp³-hybridized carbons (Fsp3) is 0.188. The van der Waals surface area contributed by atoms with E-state index in [1.165, 1.54) is 0 Å². The molecule has 0 unspecified atom stereocenters. The van der Waals surface area contributed by atoms with Gasteiger partial charge in [-0.1, -0.05) is 0 Å². The molecule has 0 bridgehead atoms. The number of anilines is 1. The summed E-state index contributed by atoms with van der Waals surface area (Å²) in [6.07, 6.45) is 0.0913. The summed E-state index contributed by atoms with van der Waals surface area (Å²) in [6.45, 7) is 0. The number of aromatic amines is 1. The zero-order valence-electron chi connectivity index (χ0n) is 14.7. The number of aromatic nitrogens is 5. The maximum atomic E-state index is 10.6. The van der Waals surface area contributed by atoms with Crippen molar-refractivity contribution in [3.8, 4) is 28.4 Å². The fourth-order valence-corrected chi connectivity index (χ4v) is 1.92. The Hall–Kier alpha value is -3.70. The molecule has 3 heterocycles. The van der Waals surface area contributed by atoms with E-state index in [1.54, 1.807) is 32.7 Å². The van der Waals surface area contributed by atoms with Crippen molar-refractivity contribution in [1.82, 2.24) is 25.1 Å². The summed E-state index contributed by atoms with van der Waals surface area (Å²) in [4.78, 5) is 20.4. The zero-order chi connectivity index (χ0) is 20.7. The second-order valence-electron chi connectivity index (χ2n) is 5.12. The van der Waals surface area contributed by atoms with E-state index in [-0.39, 0.29) is 0 Å². The van der Waals surface area contributed by atoms with Crippen LogP contribution in [0.5, 0.6) is 5.75 Å². The second-order valence-corrected chi connectivity index (χ2v) is 5.12. The van der Waals surface area contributed by atoms with Crippen LogP contribution in [0.1, 0.15) is 0 Å². The van der Waals surface area contributed by atoms with Crippen LogP contribution in [0.4, 0.5) is 19.1 Å². The minimum atomic E-state index is -5.08. The first-order chi connectivity index (χ1) is 13.2. The Labute approximate surface area is 156 Å². The molecule has 0 aliphatic heterocycles. The molecule has 12 heteroatoms. The fourth-order valence-electron chi connectivity index (χ4n) is 1.92. The number of carboxylic acid groups (broad SMARTS) is 1. The van der Waals surface area contributed by atoms with Gasteiger partial charge in [-0.15, -0.1) is 10.2 Å². The van der Waals surface area contributed by atoms with Crippen LogP contribution in [-0.2, 0) is 4.79 Å². The minimum absolute atomic E-state index is 0.597. The van der Waals surface area contributed by atoms with E-state index in [9.17, 15) is 13.2 Å². The molecule has 3 aromatic rings. The standard InChI is InChI=1S/C14H14N6O.C2HF3O2/c1-15-14-18-13(19-20-14)12-6-9(3-4-17-12)10-5-11(21-2)8-16-7-10;3-2(4,5)1(6)7/h3-8H,1-2H3,(H2,15,18,19,20);(H,6,7). The molecule has 3 N–H and O–H groups in total. The molecule has 0 aromatic carbocycles. The van der Waals surface area contributed by atoms with E-state index in [4.69, 9.17) is 14.6 Å². The van der Waals surface area contributed by atoms with Gasteiger partial charge < -0.3 is 20.1 Å². The molecule has 0 saturated heterocycles. The molecule has 0 aliphatic rings. The van der Waals surface area contributed by atoms with Gasteiger partial charge in [-0.05, 0) is 23.8 Å². The number of carboxylic acids is 1. The first-order valence-corrected chi connectivity index (χ1v) is 7.61. The maximum Gasteiger partial charge on any atom is 0.490 e. The van der Waals surface area contributed by atoms with Crippen molar-refractivity contribution in [3.05, 3.63) is 36.8 Å². The monoisotopic (exact) mass is 396 g/mol. The van der Waals surface area contributed by atoms with Crippen LogP contribution in [0.15, 0.2) is 36.8 Å². The highest BCUT2D eigenvalue weighted by atomic mass is 19.4. The molecule has 0 spiro atoms. The maximum absolute atomic E-state index is 10.6. The lowest BCUT2D eigenvalue weighted by Gasteiger charge is -2.05. The van der Waals surface area contributed by atoms with E-state index in [0.29, 0.717) is 23.2 Å². The Bertz CT molecular complexity index is 945. The SMILES string of the molecule is CNc1nnc(-c2cc(-c3cncc(OC)c3)ccn2)[nH]1.O=C(O)C(F)(F)F. The molecule has 28 heavy (non-hydrogen) atoms. The summed E-state index contributed by atoms with van der Waals surface area (Å²) in [5.74, 6) is -0.840. The van der Waals surface area contributed by atoms with Crippen LogP contribution >= 0.6 is 0 Å². The summed E-state index contributed by atoms with van der Waals surface area (Å²) < 4.78 is 36.9. The summed E-state index contributed by atoms with van der Waals surface area (Å²) in [7, 11) is 3.39. The van der Waals surface area contributed by atoms with Gasteiger partial charge in [0.1, 0.15) is 11.4 Å². The highest BCUT2D eigenvalue weighted by Crippen LogP contribution is 2.25. The van der Waals surface area contributed by atoms with Crippen molar-refractivity contribution in [1.29, 1.82) is 0 Å². The molecule has 0 aliphatic carbocycles. The van der Waals surface area contributed by atoms with E-state index in [2.05, 4.69) is 30.5 Å². The summed E-state index contributed by atoms with van der Waals surface area (Å²) in [5, 5.41) is 18.0. The number of halogens is 3. The van der Waals surface area contributed by atoms with E-state index >= 15 is 0 Å². The lowest BCUT2D eigenvalue weighted by molar-refractivity contribution is -0.192. The number of nitrogens with one attached hydrogen (secondary N) is 2. The smallest absolute Gasteiger partial charge is 0.490 e. The van der Waals surface area contributed by atoms with Crippen LogP contribution in [0.3, 0.4) is 0 Å². The van der Waals surface area contributed by atoms with Gasteiger partial charge in [-0.2, -0.15) is 13.2 Å². The first-order valence-electron chi connectivity index (χ1n) is 7.61. The lowest BCUT2D eigenvalue weighted by Crippen LogP contribution is -2.21. The largest absolute Gasteiger partial charge is 0.495 e. The third-order valence-corrected chi connectivity index (χ3v) is 3.25. The van der Waals surface area contributed by atoms with Crippen LogP contribution in [0.2, 0.25) is 0 Å². The molecule has 0 fully saturated rings. The normalized spacial score (nSPS) is 10.6. The predicted octanol–water partition coefficient (Wildman–Crippen LogP) is 2.61. The van der Waals surface area contributed by atoms with Gasteiger partial charge in [0.15, 0.2) is 5.82 Å². The quantitative estimate of drug-likeness (QED) is 0.614.